The Balaban J connectivity index is 2.21. The molecule has 2 rings (SSSR count). The highest BCUT2D eigenvalue weighted by molar-refractivity contribution is 5.70. The lowest BCUT2D eigenvalue weighted by Crippen LogP contribution is -1.90. The van der Waals surface area contributed by atoms with Crippen molar-refractivity contribution in [2.24, 2.45) is 0 Å². The summed E-state index contributed by atoms with van der Waals surface area (Å²) in [4.78, 5) is 0. The Labute approximate surface area is 118 Å². The third kappa shape index (κ3) is 3.70. The molecule has 104 valence electrons. The number of benzene rings is 2. The van der Waals surface area contributed by atoms with Crippen molar-refractivity contribution in [3.8, 4) is 5.75 Å². The summed E-state index contributed by atoms with van der Waals surface area (Å²) in [7, 11) is 1.64. The summed E-state index contributed by atoms with van der Waals surface area (Å²) in [5, 5.41) is 18.4. The zero-order chi connectivity index (χ0) is 14.4. The minimum Gasteiger partial charge on any atom is -0.497 e. The SMILES string of the molecule is COc1ccc(/C=C\c2cc(CO)cc(CO)c2)cc1. The molecule has 0 aliphatic rings. The maximum absolute atomic E-state index is 9.21. The Kier molecular flexibility index (Phi) is 4.93. The van der Waals surface area contributed by atoms with Crippen molar-refractivity contribution in [1.29, 1.82) is 0 Å². The zero-order valence-electron chi connectivity index (χ0n) is 11.4. The second-order valence-electron chi connectivity index (χ2n) is 4.51. The topological polar surface area (TPSA) is 49.7 Å². The quantitative estimate of drug-likeness (QED) is 0.821. The number of hydrogen-bond donors (Lipinski definition) is 2. The minimum atomic E-state index is -0.0305. The molecule has 3 nitrogen and oxygen atoms in total. The molecule has 2 aromatic rings. The molecule has 0 aliphatic carbocycles. The Bertz CT molecular complexity index is 563. The van der Waals surface area contributed by atoms with E-state index >= 15 is 0 Å². The molecule has 0 heterocycles. The summed E-state index contributed by atoms with van der Waals surface area (Å²) in [6.45, 7) is -0.0611. The molecular weight excluding hydrogens is 252 g/mol. The Morgan fingerprint density at radius 2 is 1.40 bits per heavy atom. The second-order valence-corrected chi connectivity index (χ2v) is 4.51. The van der Waals surface area contributed by atoms with Gasteiger partial charge in [0.15, 0.2) is 0 Å². The molecule has 0 saturated carbocycles. The number of methoxy groups -OCH3 is 1. The molecule has 2 N–H and O–H groups in total. The summed E-state index contributed by atoms with van der Waals surface area (Å²) < 4.78 is 5.11. The van der Waals surface area contributed by atoms with Crippen molar-refractivity contribution in [3.63, 3.8) is 0 Å². The maximum atomic E-state index is 9.21. The lowest BCUT2D eigenvalue weighted by Gasteiger charge is -2.04. The van der Waals surface area contributed by atoms with Crippen molar-refractivity contribution in [2.45, 2.75) is 13.2 Å². The molecule has 0 saturated heterocycles. The van der Waals surface area contributed by atoms with Gasteiger partial charge >= 0.3 is 0 Å². The molecule has 0 unspecified atom stereocenters. The molecule has 3 heteroatoms. The largest absolute Gasteiger partial charge is 0.497 e. The van der Waals surface area contributed by atoms with Gasteiger partial charge in [0.05, 0.1) is 20.3 Å². The molecule has 20 heavy (non-hydrogen) atoms. The summed E-state index contributed by atoms with van der Waals surface area (Å²) >= 11 is 0. The zero-order valence-corrected chi connectivity index (χ0v) is 11.4. The van der Waals surface area contributed by atoms with Crippen molar-refractivity contribution in [1.82, 2.24) is 0 Å². The van der Waals surface area contributed by atoms with Crippen LogP contribution in [0, 0.1) is 0 Å². The van der Waals surface area contributed by atoms with Crippen LogP contribution in [0.25, 0.3) is 12.2 Å². The van der Waals surface area contributed by atoms with Gasteiger partial charge in [0.2, 0.25) is 0 Å². The number of aliphatic hydroxyl groups excluding tert-OH is 2. The maximum Gasteiger partial charge on any atom is 0.118 e. The molecule has 0 aliphatic heterocycles. The van der Waals surface area contributed by atoms with Gasteiger partial charge < -0.3 is 14.9 Å². The third-order valence-corrected chi connectivity index (χ3v) is 3.02. The van der Waals surface area contributed by atoms with Crippen LogP contribution in [0.2, 0.25) is 0 Å². The molecular formula is C17H18O3. The van der Waals surface area contributed by atoms with E-state index in [9.17, 15) is 10.2 Å². The van der Waals surface area contributed by atoms with Gasteiger partial charge in [0, 0.05) is 0 Å². The van der Waals surface area contributed by atoms with Crippen LogP contribution in [-0.4, -0.2) is 17.3 Å². The molecule has 0 bridgehead atoms. The molecule has 0 fully saturated rings. The van der Waals surface area contributed by atoms with Crippen LogP contribution < -0.4 is 4.74 Å². The van der Waals surface area contributed by atoms with E-state index in [0.29, 0.717) is 0 Å². The van der Waals surface area contributed by atoms with Crippen molar-refractivity contribution in [2.75, 3.05) is 7.11 Å². The highest BCUT2D eigenvalue weighted by atomic mass is 16.5. The predicted molar refractivity (Wildman–Crippen MR) is 80.2 cm³/mol. The van der Waals surface area contributed by atoms with Gasteiger partial charge in [-0.25, -0.2) is 0 Å². The van der Waals surface area contributed by atoms with Gasteiger partial charge in [-0.3, -0.25) is 0 Å². The van der Waals surface area contributed by atoms with Gasteiger partial charge in [0.1, 0.15) is 5.75 Å². The average Bonchev–Trinajstić information content (AvgIpc) is 2.53. The summed E-state index contributed by atoms with van der Waals surface area (Å²) in [6.07, 6.45) is 3.94. The smallest absolute Gasteiger partial charge is 0.118 e. The summed E-state index contributed by atoms with van der Waals surface area (Å²) in [5.74, 6) is 0.826. The molecule has 0 spiro atoms. The standard InChI is InChI=1S/C17H18O3/c1-20-17-6-4-13(5-7-17)2-3-14-8-15(11-18)10-16(9-14)12-19/h2-10,18-19H,11-12H2,1H3/b3-2-. The number of ether oxygens (including phenoxy) is 1. The number of hydrogen-bond acceptors (Lipinski definition) is 3. The fourth-order valence-electron chi connectivity index (χ4n) is 1.98. The lowest BCUT2D eigenvalue weighted by atomic mass is 10.0. The van der Waals surface area contributed by atoms with E-state index in [1.807, 2.05) is 48.6 Å². The van der Waals surface area contributed by atoms with E-state index in [1.54, 1.807) is 13.2 Å². The van der Waals surface area contributed by atoms with Crippen LogP contribution in [0.3, 0.4) is 0 Å². The first-order chi connectivity index (χ1) is 9.75. The van der Waals surface area contributed by atoms with Crippen molar-refractivity contribution in [3.05, 3.63) is 64.7 Å². The average molecular weight is 270 g/mol. The molecule has 0 radical (unpaired) electrons. The van der Waals surface area contributed by atoms with Gasteiger partial charge in [-0.05, 0) is 46.5 Å². The number of aliphatic hydroxyl groups is 2. The van der Waals surface area contributed by atoms with E-state index in [1.165, 1.54) is 0 Å². The first-order valence-corrected chi connectivity index (χ1v) is 6.42. The highest BCUT2D eigenvalue weighted by Gasteiger charge is 1.98. The number of rotatable bonds is 5. The van der Waals surface area contributed by atoms with Crippen LogP contribution in [0.1, 0.15) is 22.3 Å². The van der Waals surface area contributed by atoms with Crippen LogP contribution >= 0.6 is 0 Å². The van der Waals surface area contributed by atoms with Crippen LogP contribution in [-0.2, 0) is 13.2 Å². The fraction of sp³-hybridized carbons (Fsp3) is 0.176. The summed E-state index contributed by atoms with van der Waals surface area (Å²) in [5.41, 5.74) is 3.61. The molecule has 0 aromatic heterocycles. The predicted octanol–water partition coefficient (Wildman–Crippen LogP) is 2.85. The minimum absolute atomic E-state index is 0.0305. The Morgan fingerprint density at radius 3 is 1.90 bits per heavy atom. The highest BCUT2D eigenvalue weighted by Crippen LogP contribution is 2.16. The lowest BCUT2D eigenvalue weighted by molar-refractivity contribution is 0.275. The first kappa shape index (κ1) is 14.3. The van der Waals surface area contributed by atoms with E-state index in [4.69, 9.17) is 4.74 Å². The van der Waals surface area contributed by atoms with Crippen molar-refractivity contribution >= 4 is 12.2 Å². The van der Waals surface area contributed by atoms with E-state index < -0.39 is 0 Å². The van der Waals surface area contributed by atoms with Crippen LogP contribution in [0.15, 0.2) is 42.5 Å². The second kappa shape index (κ2) is 6.89. The van der Waals surface area contributed by atoms with Gasteiger partial charge in [-0.1, -0.05) is 30.4 Å². The van der Waals surface area contributed by atoms with Gasteiger partial charge in [0.25, 0.3) is 0 Å². The van der Waals surface area contributed by atoms with E-state index in [2.05, 4.69) is 0 Å². The monoisotopic (exact) mass is 270 g/mol. The van der Waals surface area contributed by atoms with Crippen molar-refractivity contribution < 1.29 is 14.9 Å². The molecule has 0 atom stereocenters. The van der Waals surface area contributed by atoms with Gasteiger partial charge in [-0.2, -0.15) is 0 Å². The Morgan fingerprint density at radius 1 is 0.850 bits per heavy atom. The van der Waals surface area contributed by atoms with Crippen LogP contribution in [0.4, 0.5) is 0 Å². The molecule has 0 amide bonds. The summed E-state index contributed by atoms with van der Waals surface area (Å²) in [6, 6.07) is 13.4. The Hall–Kier alpha value is -2.10. The normalized spacial score (nSPS) is 10.9. The van der Waals surface area contributed by atoms with E-state index in [-0.39, 0.29) is 13.2 Å². The first-order valence-electron chi connectivity index (χ1n) is 6.42. The third-order valence-electron chi connectivity index (χ3n) is 3.02. The molecule has 2 aromatic carbocycles. The fourth-order valence-corrected chi connectivity index (χ4v) is 1.98. The van der Waals surface area contributed by atoms with Gasteiger partial charge in [-0.15, -0.1) is 0 Å². The van der Waals surface area contributed by atoms with Crippen LogP contribution in [0.5, 0.6) is 5.75 Å². The van der Waals surface area contributed by atoms with E-state index in [0.717, 1.165) is 28.0 Å².